The van der Waals surface area contributed by atoms with Crippen LogP contribution in [0.15, 0.2) is 6.33 Å². The van der Waals surface area contributed by atoms with Gasteiger partial charge in [0.25, 0.3) is 0 Å². The number of aromatic nitrogens is 2. The van der Waals surface area contributed by atoms with Crippen molar-refractivity contribution < 1.29 is 9.90 Å². The average Bonchev–Trinajstić information content (AvgIpc) is 2.74. The lowest BCUT2D eigenvalue weighted by Crippen LogP contribution is -2.48. The third-order valence-electron chi connectivity index (χ3n) is 4.30. The lowest BCUT2D eigenvalue weighted by Gasteiger charge is -2.36. The van der Waals surface area contributed by atoms with Crippen LogP contribution in [-0.4, -0.2) is 52.1 Å². The monoisotopic (exact) mass is 348 g/mol. The first-order chi connectivity index (χ1) is 9.58. The molecule has 0 unspecified atom stereocenters. The SMILES string of the molecule is CC(=O)N1CCN(c2ncnc3c2[C@H](C)C[C@H]3O)CC1.Cl.Cl. The summed E-state index contributed by atoms with van der Waals surface area (Å²) in [5.41, 5.74) is 1.85. The number of amides is 1. The minimum Gasteiger partial charge on any atom is -0.387 e. The minimum absolute atomic E-state index is 0. The van der Waals surface area contributed by atoms with Gasteiger partial charge in [0.05, 0.1) is 11.8 Å². The van der Waals surface area contributed by atoms with Gasteiger partial charge in [0.2, 0.25) is 5.91 Å². The number of hydrogen-bond donors (Lipinski definition) is 1. The Labute approximate surface area is 142 Å². The van der Waals surface area contributed by atoms with Crippen molar-refractivity contribution in [1.82, 2.24) is 14.9 Å². The van der Waals surface area contributed by atoms with Gasteiger partial charge in [-0.2, -0.15) is 0 Å². The largest absolute Gasteiger partial charge is 0.387 e. The van der Waals surface area contributed by atoms with Crippen molar-refractivity contribution in [3.05, 3.63) is 17.6 Å². The summed E-state index contributed by atoms with van der Waals surface area (Å²) in [5.74, 6) is 1.34. The maximum Gasteiger partial charge on any atom is 0.219 e. The summed E-state index contributed by atoms with van der Waals surface area (Å²) in [7, 11) is 0. The van der Waals surface area contributed by atoms with Crippen LogP contribution in [-0.2, 0) is 4.79 Å². The second-order valence-electron chi connectivity index (χ2n) is 5.64. The molecule has 124 valence electrons. The number of nitrogens with zero attached hydrogens (tertiary/aromatic N) is 4. The summed E-state index contributed by atoms with van der Waals surface area (Å²) in [6.07, 6.45) is 1.78. The van der Waals surface area contributed by atoms with Crippen molar-refractivity contribution in [3.63, 3.8) is 0 Å². The second kappa shape index (κ2) is 7.44. The molecule has 1 aliphatic heterocycles. The van der Waals surface area contributed by atoms with E-state index in [0.29, 0.717) is 6.42 Å². The Kier molecular flexibility index (Phi) is 6.40. The summed E-state index contributed by atoms with van der Waals surface area (Å²) in [6.45, 7) is 6.73. The van der Waals surface area contributed by atoms with E-state index in [4.69, 9.17) is 0 Å². The molecule has 0 bridgehead atoms. The number of rotatable bonds is 1. The van der Waals surface area contributed by atoms with E-state index in [1.165, 1.54) is 6.33 Å². The van der Waals surface area contributed by atoms with Crippen LogP contribution in [0.3, 0.4) is 0 Å². The van der Waals surface area contributed by atoms with Crippen molar-refractivity contribution in [2.75, 3.05) is 31.1 Å². The molecule has 8 heteroatoms. The van der Waals surface area contributed by atoms with E-state index in [-0.39, 0.29) is 36.6 Å². The van der Waals surface area contributed by atoms with E-state index in [1.807, 2.05) is 4.90 Å². The number of aliphatic hydroxyl groups is 1. The highest BCUT2D eigenvalue weighted by atomic mass is 35.5. The van der Waals surface area contributed by atoms with E-state index >= 15 is 0 Å². The predicted octanol–water partition coefficient (Wildman–Crippen LogP) is 1.53. The van der Waals surface area contributed by atoms with Crippen molar-refractivity contribution in [1.29, 1.82) is 0 Å². The molecule has 1 N–H and O–H groups in total. The van der Waals surface area contributed by atoms with Crippen molar-refractivity contribution in [2.24, 2.45) is 0 Å². The van der Waals surface area contributed by atoms with Gasteiger partial charge in [-0.3, -0.25) is 4.79 Å². The fourth-order valence-electron chi connectivity index (χ4n) is 3.19. The Morgan fingerprint density at radius 2 is 1.86 bits per heavy atom. The average molecular weight is 349 g/mol. The lowest BCUT2D eigenvalue weighted by molar-refractivity contribution is -0.129. The molecule has 3 rings (SSSR count). The molecule has 0 aromatic carbocycles. The van der Waals surface area contributed by atoms with E-state index in [1.54, 1.807) is 6.92 Å². The first-order valence-corrected chi connectivity index (χ1v) is 7.11. The van der Waals surface area contributed by atoms with Crippen LogP contribution >= 0.6 is 24.8 Å². The molecule has 2 heterocycles. The van der Waals surface area contributed by atoms with Gasteiger partial charge in [-0.25, -0.2) is 9.97 Å². The highest BCUT2D eigenvalue weighted by Crippen LogP contribution is 2.42. The topological polar surface area (TPSA) is 69.6 Å². The number of piperazine rings is 1. The van der Waals surface area contributed by atoms with Gasteiger partial charge >= 0.3 is 0 Å². The maximum absolute atomic E-state index is 11.4. The molecule has 1 aromatic rings. The predicted molar refractivity (Wildman–Crippen MR) is 89.0 cm³/mol. The summed E-state index contributed by atoms with van der Waals surface area (Å²) in [5, 5.41) is 10.0. The number of fused-ring (bicyclic) bond motifs is 1. The Bertz CT molecular complexity index is 536. The molecule has 0 spiro atoms. The first-order valence-electron chi connectivity index (χ1n) is 7.11. The molecule has 1 aromatic heterocycles. The van der Waals surface area contributed by atoms with Crippen molar-refractivity contribution in [3.8, 4) is 0 Å². The number of anilines is 1. The van der Waals surface area contributed by atoms with Gasteiger partial charge in [0, 0.05) is 38.7 Å². The third-order valence-corrected chi connectivity index (χ3v) is 4.30. The number of halogens is 2. The zero-order valence-electron chi connectivity index (χ0n) is 12.7. The Hall–Kier alpha value is -1.11. The zero-order chi connectivity index (χ0) is 14.3. The third kappa shape index (κ3) is 3.29. The molecule has 6 nitrogen and oxygen atoms in total. The van der Waals surface area contributed by atoms with Crippen LogP contribution in [0.1, 0.15) is 43.5 Å². The molecular weight excluding hydrogens is 327 g/mol. The molecule has 1 amide bonds. The highest BCUT2D eigenvalue weighted by molar-refractivity contribution is 5.85. The highest BCUT2D eigenvalue weighted by Gasteiger charge is 2.33. The molecule has 1 saturated heterocycles. The smallest absolute Gasteiger partial charge is 0.219 e. The van der Waals surface area contributed by atoms with Gasteiger partial charge in [-0.05, 0) is 12.3 Å². The van der Waals surface area contributed by atoms with E-state index in [2.05, 4.69) is 21.8 Å². The molecule has 0 radical (unpaired) electrons. The molecule has 22 heavy (non-hydrogen) atoms. The zero-order valence-corrected chi connectivity index (χ0v) is 14.4. The van der Waals surface area contributed by atoms with Gasteiger partial charge in [-0.1, -0.05) is 6.92 Å². The van der Waals surface area contributed by atoms with Crippen LogP contribution < -0.4 is 4.90 Å². The van der Waals surface area contributed by atoms with Crippen molar-refractivity contribution in [2.45, 2.75) is 32.3 Å². The molecule has 0 saturated carbocycles. The number of carbonyl (C=O) groups is 1. The first kappa shape index (κ1) is 18.9. The fraction of sp³-hybridized carbons (Fsp3) is 0.643. The standard InChI is InChI=1S/C14H20N4O2.2ClH/c1-9-7-11(20)13-12(9)14(16-8-15-13)18-5-3-17(4-6-18)10(2)19;;/h8-9,11,20H,3-7H2,1-2H3;2*1H/t9-,11-;;/m1../s1. The van der Waals surface area contributed by atoms with Crippen LogP contribution in [0.5, 0.6) is 0 Å². The van der Waals surface area contributed by atoms with E-state index in [9.17, 15) is 9.90 Å². The lowest BCUT2D eigenvalue weighted by atomic mass is 10.1. The fourth-order valence-corrected chi connectivity index (χ4v) is 3.19. The summed E-state index contributed by atoms with van der Waals surface area (Å²) >= 11 is 0. The summed E-state index contributed by atoms with van der Waals surface area (Å²) < 4.78 is 0. The molecule has 2 aliphatic rings. The van der Waals surface area contributed by atoms with Gasteiger partial charge in [0.15, 0.2) is 0 Å². The van der Waals surface area contributed by atoms with Crippen LogP contribution in [0.4, 0.5) is 5.82 Å². The normalized spacial score (nSPS) is 23.4. The summed E-state index contributed by atoms with van der Waals surface area (Å²) in [6, 6.07) is 0. The van der Waals surface area contributed by atoms with E-state index in [0.717, 1.165) is 43.3 Å². The van der Waals surface area contributed by atoms with Crippen LogP contribution in [0.25, 0.3) is 0 Å². The molecule has 1 aliphatic carbocycles. The van der Waals surface area contributed by atoms with Gasteiger partial charge < -0.3 is 14.9 Å². The van der Waals surface area contributed by atoms with Gasteiger partial charge in [0.1, 0.15) is 12.1 Å². The molecule has 2 atom stereocenters. The molecule has 1 fully saturated rings. The van der Waals surface area contributed by atoms with Crippen LogP contribution in [0.2, 0.25) is 0 Å². The number of carbonyl (C=O) groups excluding carboxylic acids is 1. The second-order valence-corrected chi connectivity index (χ2v) is 5.64. The van der Waals surface area contributed by atoms with Crippen molar-refractivity contribution >= 4 is 36.5 Å². The number of hydrogen-bond acceptors (Lipinski definition) is 5. The van der Waals surface area contributed by atoms with E-state index < -0.39 is 6.10 Å². The Morgan fingerprint density at radius 1 is 1.23 bits per heavy atom. The van der Waals surface area contributed by atoms with Crippen LogP contribution in [0, 0.1) is 0 Å². The molecular formula is C14H22Cl2N4O2. The number of aliphatic hydroxyl groups excluding tert-OH is 1. The summed E-state index contributed by atoms with van der Waals surface area (Å²) in [4.78, 5) is 24.1. The maximum atomic E-state index is 11.4. The van der Waals surface area contributed by atoms with Gasteiger partial charge in [-0.15, -0.1) is 24.8 Å². The Morgan fingerprint density at radius 3 is 2.45 bits per heavy atom. The Balaban J connectivity index is 0.00000121. The quantitative estimate of drug-likeness (QED) is 0.833. The minimum atomic E-state index is -0.472.